The Hall–Kier alpha value is -1.50. The molecule has 130 valence electrons. The van der Waals surface area contributed by atoms with Crippen molar-refractivity contribution in [2.24, 2.45) is 0 Å². The maximum absolute atomic E-state index is 12.3. The number of nitrogens with zero attached hydrogens (tertiary/aromatic N) is 1. The lowest BCUT2D eigenvalue weighted by Crippen LogP contribution is -2.14. The summed E-state index contributed by atoms with van der Waals surface area (Å²) >= 11 is 11.7. The minimum Gasteiger partial charge on any atom is -0.384 e. The molecule has 1 aromatic heterocycles. The summed E-state index contributed by atoms with van der Waals surface area (Å²) in [7, 11) is -3.77. The molecule has 0 saturated carbocycles. The van der Waals surface area contributed by atoms with E-state index >= 15 is 0 Å². The normalized spacial score (nSPS) is 11.3. The first kappa shape index (κ1) is 18.8. The van der Waals surface area contributed by atoms with Crippen LogP contribution in [0.25, 0.3) is 0 Å². The Labute approximate surface area is 152 Å². The molecule has 1 heterocycles. The highest BCUT2D eigenvalue weighted by Gasteiger charge is 2.16. The van der Waals surface area contributed by atoms with E-state index in [4.69, 9.17) is 23.2 Å². The summed E-state index contributed by atoms with van der Waals surface area (Å²) in [5.41, 5.74) is 0.851. The van der Waals surface area contributed by atoms with Crippen LogP contribution in [0.1, 0.15) is 26.2 Å². The SMILES string of the molecule is CCCCCNc1ccc(NS(=O)(=O)c2ccc(Cl)c(Cl)c2)nc1. The molecule has 0 aliphatic rings. The molecule has 0 spiro atoms. The van der Waals surface area contributed by atoms with Crippen LogP contribution in [0, 0.1) is 0 Å². The van der Waals surface area contributed by atoms with Crippen molar-refractivity contribution in [3.8, 4) is 0 Å². The molecular weight excluding hydrogens is 369 g/mol. The molecule has 0 amide bonds. The molecule has 0 aliphatic heterocycles. The largest absolute Gasteiger partial charge is 0.384 e. The lowest BCUT2D eigenvalue weighted by Gasteiger charge is -2.09. The van der Waals surface area contributed by atoms with E-state index in [1.54, 1.807) is 18.3 Å². The van der Waals surface area contributed by atoms with Gasteiger partial charge in [-0.25, -0.2) is 13.4 Å². The third kappa shape index (κ3) is 5.26. The van der Waals surface area contributed by atoms with E-state index in [9.17, 15) is 8.42 Å². The van der Waals surface area contributed by atoms with Crippen molar-refractivity contribution >= 4 is 44.7 Å². The van der Waals surface area contributed by atoms with E-state index in [1.807, 2.05) is 0 Å². The number of benzene rings is 1. The van der Waals surface area contributed by atoms with Gasteiger partial charge in [-0.15, -0.1) is 0 Å². The van der Waals surface area contributed by atoms with Crippen molar-refractivity contribution in [2.45, 2.75) is 31.1 Å². The summed E-state index contributed by atoms with van der Waals surface area (Å²) < 4.78 is 27.1. The van der Waals surface area contributed by atoms with Gasteiger partial charge in [0.15, 0.2) is 0 Å². The lowest BCUT2D eigenvalue weighted by molar-refractivity contribution is 0.601. The van der Waals surface area contributed by atoms with Crippen LogP contribution in [0.4, 0.5) is 11.5 Å². The monoisotopic (exact) mass is 387 g/mol. The van der Waals surface area contributed by atoms with Crippen molar-refractivity contribution in [1.82, 2.24) is 4.98 Å². The number of nitrogens with one attached hydrogen (secondary N) is 2. The van der Waals surface area contributed by atoms with Crippen LogP contribution in [0.5, 0.6) is 0 Å². The zero-order valence-corrected chi connectivity index (χ0v) is 15.5. The van der Waals surface area contributed by atoms with Gasteiger partial charge in [-0.05, 0) is 36.8 Å². The van der Waals surface area contributed by atoms with Gasteiger partial charge in [-0.2, -0.15) is 0 Å². The Morgan fingerprint density at radius 3 is 2.50 bits per heavy atom. The first-order chi connectivity index (χ1) is 11.4. The number of pyridine rings is 1. The van der Waals surface area contributed by atoms with Gasteiger partial charge in [-0.1, -0.05) is 43.0 Å². The van der Waals surface area contributed by atoms with E-state index in [1.165, 1.54) is 24.6 Å². The van der Waals surface area contributed by atoms with E-state index in [0.29, 0.717) is 5.02 Å². The predicted molar refractivity (Wildman–Crippen MR) is 99.5 cm³/mol. The zero-order chi connectivity index (χ0) is 17.6. The smallest absolute Gasteiger partial charge is 0.263 e. The van der Waals surface area contributed by atoms with Gasteiger partial charge in [0.25, 0.3) is 10.0 Å². The summed E-state index contributed by atoms with van der Waals surface area (Å²) in [4.78, 5) is 4.14. The van der Waals surface area contributed by atoms with Gasteiger partial charge < -0.3 is 5.32 Å². The van der Waals surface area contributed by atoms with Crippen LogP contribution >= 0.6 is 23.2 Å². The molecule has 2 rings (SSSR count). The zero-order valence-electron chi connectivity index (χ0n) is 13.2. The van der Waals surface area contributed by atoms with Crippen LogP contribution < -0.4 is 10.0 Å². The number of aromatic nitrogens is 1. The van der Waals surface area contributed by atoms with Gasteiger partial charge in [-0.3, -0.25) is 4.72 Å². The van der Waals surface area contributed by atoms with E-state index in [2.05, 4.69) is 21.9 Å². The van der Waals surface area contributed by atoms with E-state index < -0.39 is 10.0 Å². The highest BCUT2D eigenvalue weighted by Crippen LogP contribution is 2.25. The van der Waals surface area contributed by atoms with Gasteiger partial charge in [0.05, 0.1) is 26.8 Å². The number of rotatable bonds is 8. The highest BCUT2D eigenvalue weighted by atomic mass is 35.5. The molecule has 24 heavy (non-hydrogen) atoms. The molecule has 0 aliphatic carbocycles. The fourth-order valence-electron chi connectivity index (χ4n) is 2.01. The summed E-state index contributed by atoms with van der Waals surface area (Å²) in [6.07, 6.45) is 5.01. The van der Waals surface area contributed by atoms with Gasteiger partial charge in [0.1, 0.15) is 5.82 Å². The number of halogens is 2. The average molecular weight is 388 g/mol. The fourth-order valence-corrected chi connectivity index (χ4v) is 3.40. The van der Waals surface area contributed by atoms with Crippen molar-refractivity contribution < 1.29 is 8.42 Å². The molecule has 0 bridgehead atoms. The molecule has 2 aromatic rings. The maximum atomic E-state index is 12.3. The van der Waals surface area contributed by atoms with Crippen LogP contribution in [0.2, 0.25) is 10.0 Å². The number of unbranched alkanes of at least 4 members (excludes halogenated alkanes) is 2. The molecule has 0 atom stereocenters. The quantitative estimate of drug-likeness (QED) is 0.638. The van der Waals surface area contributed by atoms with E-state index in [-0.39, 0.29) is 15.7 Å². The third-order valence-electron chi connectivity index (χ3n) is 3.31. The molecule has 5 nitrogen and oxygen atoms in total. The summed E-state index contributed by atoms with van der Waals surface area (Å²) in [6.45, 7) is 3.01. The van der Waals surface area contributed by atoms with Gasteiger partial charge in [0.2, 0.25) is 0 Å². The molecule has 0 unspecified atom stereocenters. The Morgan fingerprint density at radius 2 is 1.88 bits per heavy atom. The Morgan fingerprint density at radius 1 is 1.08 bits per heavy atom. The average Bonchev–Trinajstić information content (AvgIpc) is 2.55. The molecule has 1 aromatic carbocycles. The molecule has 0 fully saturated rings. The van der Waals surface area contributed by atoms with Crippen LogP contribution in [0.15, 0.2) is 41.4 Å². The minimum atomic E-state index is -3.77. The summed E-state index contributed by atoms with van der Waals surface area (Å²) in [5.74, 6) is 0.236. The lowest BCUT2D eigenvalue weighted by atomic mass is 10.2. The molecule has 0 radical (unpaired) electrons. The second-order valence-electron chi connectivity index (χ2n) is 5.25. The highest BCUT2D eigenvalue weighted by molar-refractivity contribution is 7.92. The standard InChI is InChI=1S/C16H19Cl2N3O2S/c1-2-3-4-9-19-12-5-8-16(20-11-12)21-24(22,23)13-6-7-14(17)15(18)10-13/h5-8,10-11,19H,2-4,9H2,1H3,(H,20,21). The van der Waals surface area contributed by atoms with Crippen molar-refractivity contribution in [2.75, 3.05) is 16.6 Å². The molecule has 0 saturated heterocycles. The van der Waals surface area contributed by atoms with Crippen molar-refractivity contribution in [3.63, 3.8) is 0 Å². The number of sulfonamides is 1. The minimum absolute atomic E-state index is 0.0282. The third-order valence-corrected chi connectivity index (χ3v) is 5.40. The second-order valence-corrected chi connectivity index (χ2v) is 7.74. The van der Waals surface area contributed by atoms with Crippen LogP contribution in [-0.4, -0.2) is 19.9 Å². The summed E-state index contributed by atoms with van der Waals surface area (Å²) in [5, 5.41) is 3.72. The first-order valence-corrected chi connectivity index (χ1v) is 9.84. The second kappa shape index (κ2) is 8.55. The molecular formula is C16H19Cl2N3O2S. The number of anilines is 2. The van der Waals surface area contributed by atoms with Gasteiger partial charge >= 0.3 is 0 Å². The topological polar surface area (TPSA) is 71.1 Å². The Balaban J connectivity index is 2.03. The molecule has 2 N–H and O–H groups in total. The van der Waals surface area contributed by atoms with Crippen molar-refractivity contribution in [1.29, 1.82) is 0 Å². The fraction of sp³-hybridized carbons (Fsp3) is 0.312. The number of hydrogen-bond donors (Lipinski definition) is 2. The first-order valence-electron chi connectivity index (χ1n) is 7.60. The predicted octanol–water partition coefficient (Wildman–Crippen LogP) is 4.79. The summed E-state index contributed by atoms with van der Waals surface area (Å²) in [6, 6.07) is 7.52. The van der Waals surface area contributed by atoms with Crippen LogP contribution in [0.3, 0.4) is 0 Å². The van der Waals surface area contributed by atoms with E-state index in [0.717, 1.165) is 25.1 Å². The maximum Gasteiger partial charge on any atom is 0.263 e. The molecule has 8 heteroatoms. The Bertz CT molecular complexity index is 780. The number of hydrogen-bond acceptors (Lipinski definition) is 4. The Kier molecular flexibility index (Phi) is 6.71. The van der Waals surface area contributed by atoms with Gasteiger partial charge in [0, 0.05) is 6.54 Å². The van der Waals surface area contributed by atoms with Crippen LogP contribution in [-0.2, 0) is 10.0 Å². The van der Waals surface area contributed by atoms with Crippen molar-refractivity contribution in [3.05, 3.63) is 46.6 Å².